The molecule has 1 aromatic rings. The predicted octanol–water partition coefficient (Wildman–Crippen LogP) is 0.674. The van der Waals surface area contributed by atoms with Crippen molar-refractivity contribution in [2.45, 2.75) is 30.3 Å². The van der Waals surface area contributed by atoms with E-state index in [1.165, 1.54) is 0 Å². The number of nitrogens with one attached hydrogen (secondary N) is 1. The monoisotopic (exact) mass is 466 g/mol. The first kappa shape index (κ1) is 24.2. The second-order valence-corrected chi connectivity index (χ2v) is 8.34. The van der Waals surface area contributed by atoms with Crippen LogP contribution in [-0.2, 0) is 35.1 Å². The van der Waals surface area contributed by atoms with Crippen LogP contribution < -0.4 is 5.32 Å². The number of imide groups is 1. The van der Waals surface area contributed by atoms with Gasteiger partial charge in [-0.25, -0.2) is 4.79 Å². The van der Waals surface area contributed by atoms with Gasteiger partial charge in [0, 0.05) is 29.2 Å². The molecule has 11 heteroatoms. The van der Waals surface area contributed by atoms with Gasteiger partial charge >= 0.3 is 5.97 Å². The van der Waals surface area contributed by atoms with Gasteiger partial charge in [0.05, 0.1) is 33.0 Å². The van der Waals surface area contributed by atoms with Gasteiger partial charge < -0.3 is 24.2 Å². The number of ether oxygens (including phenoxy) is 3. The van der Waals surface area contributed by atoms with E-state index in [4.69, 9.17) is 19.3 Å². The second-order valence-electron chi connectivity index (χ2n) is 7.20. The molecule has 2 N–H and O–H groups in total. The highest BCUT2D eigenvalue weighted by molar-refractivity contribution is 7.99. The smallest absolute Gasteiger partial charge is 0.329 e. The van der Waals surface area contributed by atoms with Crippen molar-refractivity contribution in [3.8, 4) is 0 Å². The Kier molecular flexibility index (Phi) is 9.03. The van der Waals surface area contributed by atoms with Gasteiger partial charge in [0.1, 0.15) is 12.6 Å². The SMILES string of the molecule is O=C(O)COCCOCCOCCSc1cccc2c1CN(C1CCC(=O)NC1=O)C2=O. The van der Waals surface area contributed by atoms with Gasteiger partial charge in [0.25, 0.3) is 5.91 Å². The summed E-state index contributed by atoms with van der Waals surface area (Å²) in [5.41, 5.74) is 1.50. The average Bonchev–Trinajstić information content (AvgIpc) is 3.09. The molecular weight excluding hydrogens is 440 g/mol. The average molecular weight is 467 g/mol. The molecule has 2 heterocycles. The number of amides is 3. The Labute approximate surface area is 189 Å². The number of thioether (sulfide) groups is 1. The number of carbonyl (C=O) groups is 4. The van der Waals surface area contributed by atoms with Gasteiger partial charge in [0.2, 0.25) is 11.8 Å². The van der Waals surface area contributed by atoms with E-state index >= 15 is 0 Å². The van der Waals surface area contributed by atoms with Gasteiger partial charge in [-0.1, -0.05) is 6.07 Å². The van der Waals surface area contributed by atoms with Crippen LogP contribution in [0.4, 0.5) is 0 Å². The summed E-state index contributed by atoms with van der Waals surface area (Å²) in [5.74, 6) is -1.23. The Morgan fingerprint density at radius 2 is 1.81 bits per heavy atom. The van der Waals surface area contributed by atoms with E-state index in [1.54, 1.807) is 22.7 Å². The molecule has 10 nitrogen and oxygen atoms in total. The number of carboxylic acids is 1. The van der Waals surface area contributed by atoms with Crippen LogP contribution in [0.5, 0.6) is 0 Å². The summed E-state index contributed by atoms with van der Waals surface area (Å²) in [5, 5.41) is 10.8. The normalized spacial score (nSPS) is 18.1. The summed E-state index contributed by atoms with van der Waals surface area (Å²) in [4.78, 5) is 49.2. The summed E-state index contributed by atoms with van der Waals surface area (Å²) in [6, 6.07) is 4.92. The molecule has 3 rings (SSSR count). The van der Waals surface area contributed by atoms with Gasteiger partial charge in [-0.2, -0.15) is 0 Å². The van der Waals surface area contributed by atoms with Crippen LogP contribution in [0.25, 0.3) is 0 Å². The maximum absolute atomic E-state index is 12.8. The van der Waals surface area contributed by atoms with Gasteiger partial charge in [-0.05, 0) is 24.1 Å². The third kappa shape index (κ3) is 6.52. The number of rotatable bonds is 13. The molecule has 0 aliphatic carbocycles. The van der Waals surface area contributed by atoms with Crippen molar-refractivity contribution in [3.05, 3.63) is 29.3 Å². The number of nitrogens with zero attached hydrogens (tertiary/aromatic N) is 1. The maximum Gasteiger partial charge on any atom is 0.329 e. The first-order valence-electron chi connectivity index (χ1n) is 10.3. The summed E-state index contributed by atoms with van der Waals surface area (Å²) in [6.07, 6.45) is 0.572. The van der Waals surface area contributed by atoms with Crippen molar-refractivity contribution >= 4 is 35.5 Å². The van der Waals surface area contributed by atoms with Crippen LogP contribution in [0.15, 0.2) is 23.1 Å². The lowest BCUT2D eigenvalue weighted by Crippen LogP contribution is -2.52. The van der Waals surface area contributed by atoms with E-state index in [2.05, 4.69) is 5.32 Å². The third-order valence-electron chi connectivity index (χ3n) is 4.99. The minimum Gasteiger partial charge on any atom is -0.480 e. The van der Waals surface area contributed by atoms with E-state index < -0.39 is 17.9 Å². The van der Waals surface area contributed by atoms with Crippen LogP contribution in [0, 0.1) is 0 Å². The zero-order chi connectivity index (χ0) is 22.9. The molecule has 0 aromatic heterocycles. The predicted molar refractivity (Wildman–Crippen MR) is 113 cm³/mol. The third-order valence-corrected chi connectivity index (χ3v) is 6.06. The molecule has 1 atom stereocenters. The molecule has 0 spiro atoms. The molecule has 2 aliphatic rings. The van der Waals surface area contributed by atoms with Crippen molar-refractivity contribution in [2.75, 3.05) is 45.4 Å². The van der Waals surface area contributed by atoms with E-state index in [-0.39, 0.29) is 31.4 Å². The van der Waals surface area contributed by atoms with Crippen LogP contribution in [0.1, 0.15) is 28.8 Å². The Morgan fingerprint density at radius 3 is 2.53 bits per heavy atom. The molecule has 1 aromatic carbocycles. The molecule has 1 unspecified atom stereocenters. The lowest BCUT2D eigenvalue weighted by molar-refractivity contribution is -0.143. The fourth-order valence-corrected chi connectivity index (χ4v) is 4.45. The molecule has 0 saturated carbocycles. The van der Waals surface area contributed by atoms with Crippen molar-refractivity contribution in [2.24, 2.45) is 0 Å². The van der Waals surface area contributed by atoms with Crippen LogP contribution >= 0.6 is 11.8 Å². The Bertz CT molecular complexity index is 862. The summed E-state index contributed by atoms with van der Waals surface area (Å²) in [6.45, 7) is 1.83. The van der Waals surface area contributed by atoms with Gasteiger partial charge in [-0.15, -0.1) is 11.8 Å². The number of fused-ring (bicyclic) bond motifs is 1. The quantitative estimate of drug-likeness (QED) is 0.245. The van der Waals surface area contributed by atoms with Crippen molar-refractivity contribution in [1.82, 2.24) is 10.2 Å². The molecular formula is C21H26N2O8S. The Hall–Kier alpha value is -2.47. The minimum absolute atomic E-state index is 0.183. The number of carbonyl (C=O) groups excluding carboxylic acids is 3. The van der Waals surface area contributed by atoms with Gasteiger partial charge in [-0.3, -0.25) is 19.7 Å². The summed E-state index contributed by atoms with van der Waals surface area (Å²) < 4.78 is 15.7. The van der Waals surface area contributed by atoms with E-state index in [9.17, 15) is 19.2 Å². The molecule has 0 radical (unpaired) electrons. The van der Waals surface area contributed by atoms with Crippen LogP contribution in [-0.4, -0.2) is 85.1 Å². The molecule has 2 aliphatic heterocycles. The van der Waals surface area contributed by atoms with E-state index in [1.807, 2.05) is 12.1 Å². The highest BCUT2D eigenvalue weighted by Gasteiger charge is 2.39. The number of aliphatic carboxylic acids is 1. The van der Waals surface area contributed by atoms with Crippen LogP contribution in [0.2, 0.25) is 0 Å². The highest BCUT2D eigenvalue weighted by Crippen LogP contribution is 2.34. The second kappa shape index (κ2) is 12.0. The fourth-order valence-electron chi connectivity index (χ4n) is 3.50. The lowest BCUT2D eigenvalue weighted by Gasteiger charge is -2.29. The Morgan fingerprint density at radius 1 is 1.09 bits per heavy atom. The minimum atomic E-state index is -1.01. The zero-order valence-corrected chi connectivity index (χ0v) is 18.4. The van der Waals surface area contributed by atoms with Crippen molar-refractivity contribution < 1.29 is 38.5 Å². The Balaban J connectivity index is 1.38. The number of benzene rings is 1. The topological polar surface area (TPSA) is 131 Å². The fraction of sp³-hybridized carbons (Fsp3) is 0.524. The first-order chi connectivity index (χ1) is 15.5. The number of carboxylic acid groups (broad SMARTS) is 1. The number of hydrogen-bond acceptors (Lipinski definition) is 8. The van der Waals surface area contributed by atoms with E-state index in [0.717, 1.165) is 10.5 Å². The summed E-state index contributed by atoms with van der Waals surface area (Å²) >= 11 is 1.58. The zero-order valence-electron chi connectivity index (χ0n) is 17.5. The highest BCUT2D eigenvalue weighted by atomic mass is 32.2. The number of hydrogen-bond donors (Lipinski definition) is 2. The van der Waals surface area contributed by atoms with Crippen molar-refractivity contribution in [3.63, 3.8) is 0 Å². The number of piperidine rings is 1. The maximum atomic E-state index is 12.8. The van der Waals surface area contributed by atoms with Gasteiger partial charge in [0.15, 0.2) is 0 Å². The molecule has 32 heavy (non-hydrogen) atoms. The van der Waals surface area contributed by atoms with E-state index in [0.29, 0.717) is 50.7 Å². The largest absolute Gasteiger partial charge is 0.480 e. The molecule has 174 valence electrons. The molecule has 0 bridgehead atoms. The van der Waals surface area contributed by atoms with Crippen LogP contribution in [0.3, 0.4) is 0 Å². The van der Waals surface area contributed by atoms with Crippen molar-refractivity contribution in [1.29, 1.82) is 0 Å². The first-order valence-corrected chi connectivity index (χ1v) is 11.3. The summed E-state index contributed by atoms with van der Waals surface area (Å²) in [7, 11) is 0. The molecule has 1 fully saturated rings. The molecule has 1 saturated heterocycles. The molecule has 3 amide bonds. The lowest BCUT2D eigenvalue weighted by atomic mass is 10.0. The standard InChI is InChI=1S/C21H26N2O8S/c24-18-5-4-16(20(27)22-18)23-12-15-14(21(23)28)2-1-3-17(15)32-11-10-30-7-6-29-8-9-31-13-19(25)26/h1-3,16H,4-13H2,(H,25,26)(H,22,24,27).